The maximum atomic E-state index is 12.1. The van der Waals surface area contributed by atoms with Gasteiger partial charge in [0.05, 0.1) is 18.7 Å². The van der Waals surface area contributed by atoms with Crippen LogP contribution >= 0.6 is 0 Å². The fourth-order valence-electron chi connectivity index (χ4n) is 2.34. The van der Waals surface area contributed by atoms with Crippen molar-refractivity contribution in [2.75, 3.05) is 23.0 Å². The Balaban J connectivity index is 1.90. The van der Waals surface area contributed by atoms with E-state index < -0.39 is 0 Å². The molecule has 98 valence electrons. The van der Waals surface area contributed by atoms with E-state index in [1.165, 1.54) is 0 Å². The molecule has 1 amide bonds. The number of nitrogens with two attached hydrogens (primary N) is 1. The van der Waals surface area contributed by atoms with Gasteiger partial charge in [0.2, 0.25) is 5.91 Å². The first-order valence-corrected chi connectivity index (χ1v) is 6.08. The van der Waals surface area contributed by atoms with E-state index in [2.05, 4.69) is 15.5 Å². The molecule has 0 unspecified atom stereocenters. The van der Waals surface area contributed by atoms with Crippen LogP contribution < -0.4 is 16.0 Å². The molecule has 0 radical (unpaired) electrons. The zero-order valence-electron chi connectivity index (χ0n) is 10.6. The van der Waals surface area contributed by atoms with Crippen LogP contribution in [0.3, 0.4) is 0 Å². The molecule has 0 saturated carbocycles. The quantitative estimate of drug-likeness (QED) is 0.769. The molecule has 1 aliphatic heterocycles. The van der Waals surface area contributed by atoms with Gasteiger partial charge in [-0.3, -0.25) is 9.89 Å². The van der Waals surface area contributed by atoms with Crippen LogP contribution in [0.15, 0.2) is 24.3 Å². The number of hydrogen-bond donors (Lipinski definition) is 3. The lowest BCUT2D eigenvalue weighted by atomic mass is 10.1. The normalized spacial score (nSPS) is 13.7. The van der Waals surface area contributed by atoms with Crippen molar-refractivity contribution in [1.29, 1.82) is 0 Å². The number of rotatable bonds is 3. The number of carbonyl (C=O) groups is 1. The lowest BCUT2D eigenvalue weighted by Gasteiger charge is -2.16. The fourth-order valence-corrected chi connectivity index (χ4v) is 2.34. The molecule has 1 aromatic heterocycles. The third kappa shape index (κ3) is 2.01. The largest absolute Gasteiger partial charge is 0.388 e. The van der Waals surface area contributed by atoms with Gasteiger partial charge in [0.25, 0.3) is 0 Å². The Bertz CT molecular complexity index is 634. The minimum Gasteiger partial charge on any atom is -0.388 e. The van der Waals surface area contributed by atoms with Gasteiger partial charge in [0.15, 0.2) is 0 Å². The van der Waals surface area contributed by atoms with Crippen LogP contribution in [-0.4, -0.2) is 23.2 Å². The molecule has 0 atom stereocenters. The number of aromatic nitrogens is 2. The van der Waals surface area contributed by atoms with Crippen LogP contribution in [0.4, 0.5) is 17.2 Å². The maximum absolute atomic E-state index is 12.1. The molecule has 2 heterocycles. The average molecular weight is 257 g/mol. The van der Waals surface area contributed by atoms with E-state index in [1.54, 1.807) is 11.0 Å². The molecular weight excluding hydrogens is 242 g/mol. The zero-order chi connectivity index (χ0) is 13.4. The van der Waals surface area contributed by atoms with Crippen LogP contribution in [0, 0.1) is 0 Å². The minimum absolute atomic E-state index is 0.0939. The lowest BCUT2D eigenvalue weighted by Crippen LogP contribution is -2.26. The van der Waals surface area contributed by atoms with Gasteiger partial charge in [-0.2, -0.15) is 5.10 Å². The molecular formula is C13H15N5O. The monoisotopic (exact) mass is 257 g/mol. The summed E-state index contributed by atoms with van der Waals surface area (Å²) in [6.07, 6.45) is 0.439. The van der Waals surface area contributed by atoms with Gasteiger partial charge < -0.3 is 16.0 Å². The number of nitrogens with one attached hydrogen (secondary N) is 2. The molecule has 3 rings (SSSR count). The molecule has 0 spiro atoms. The Labute approximate surface area is 110 Å². The molecule has 6 heteroatoms. The zero-order valence-corrected chi connectivity index (χ0v) is 10.6. The third-order valence-corrected chi connectivity index (χ3v) is 3.28. The van der Waals surface area contributed by atoms with Crippen LogP contribution in [-0.2, 0) is 17.8 Å². The van der Waals surface area contributed by atoms with Gasteiger partial charge in [-0.25, -0.2) is 0 Å². The van der Waals surface area contributed by atoms with Crippen LogP contribution in [0.1, 0.15) is 11.3 Å². The van der Waals surface area contributed by atoms with Gasteiger partial charge in [-0.15, -0.1) is 0 Å². The number of anilines is 3. The first-order valence-electron chi connectivity index (χ1n) is 6.08. The Morgan fingerprint density at radius 2 is 2.32 bits per heavy atom. The van der Waals surface area contributed by atoms with E-state index in [9.17, 15) is 4.79 Å². The van der Waals surface area contributed by atoms with Gasteiger partial charge in [-0.05, 0) is 23.8 Å². The highest BCUT2D eigenvalue weighted by Gasteiger charge is 2.27. The van der Waals surface area contributed by atoms with Gasteiger partial charge in [0, 0.05) is 24.5 Å². The van der Waals surface area contributed by atoms with E-state index in [-0.39, 0.29) is 5.91 Å². The SMILES string of the molecule is CNc1ccc2c(c1)CC(=O)N2Cc1cc(N)n[nH]1. The van der Waals surface area contributed by atoms with Gasteiger partial charge >= 0.3 is 0 Å². The van der Waals surface area contributed by atoms with Crippen molar-refractivity contribution < 1.29 is 4.79 Å². The molecule has 0 bridgehead atoms. The Hall–Kier alpha value is -2.50. The highest BCUT2D eigenvalue weighted by Crippen LogP contribution is 2.32. The topological polar surface area (TPSA) is 87.0 Å². The molecule has 19 heavy (non-hydrogen) atoms. The Morgan fingerprint density at radius 1 is 1.47 bits per heavy atom. The van der Waals surface area contributed by atoms with E-state index >= 15 is 0 Å². The smallest absolute Gasteiger partial charge is 0.231 e. The highest BCUT2D eigenvalue weighted by atomic mass is 16.2. The number of aromatic amines is 1. The van der Waals surface area contributed by atoms with Crippen LogP contribution in [0.2, 0.25) is 0 Å². The first kappa shape index (κ1) is 11.6. The Kier molecular flexibility index (Phi) is 2.63. The lowest BCUT2D eigenvalue weighted by molar-refractivity contribution is -0.117. The van der Waals surface area contributed by atoms with Crippen molar-refractivity contribution in [2.45, 2.75) is 13.0 Å². The standard InChI is InChI=1S/C13H15N5O/c1-15-9-2-3-11-8(4-9)5-13(19)18(11)7-10-6-12(14)17-16-10/h2-4,6,15H,5,7H2,1H3,(H3,14,16,17). The molecule has 0 saturated heterocycles. The minimum atomic E-state index is 0.0939. The molecule has 4 N–H and O–H groups in total. The van der Waals surface area contributed by atoms with E-state index in [4.69, 9.17) is 5.73 Å². The maximum Gasteiger partial charge on any atom is 0.231 e. The summed E-state index contributed by atoms with van der Waals surface area (Å²) in [5.41, 5.74) is 9.41. The van der Waals surface area contributed by atoms with Crippen molar-refractivity contribution >= 4 is 23.1 Å². The summed E-state index contributed by atoms with van der Waals surface area (Å²) in [5.74, 6) is 0.531. The second-order valence-corrected chi connectivity index (χ2v) is 4.57. The number of amides is 1. The van der Waals surface area contributed by atoms with Crippen molar-refractivity contribution in [2.24, 2.45) is 0 Å². The number of fused-ring (bicyclic) bond motifs is 1. The predicted molar refractivity (Wildman–Crippen MR) is 73.9 cm³/mol. The second kappa shape index (κ2) is 4.31. The van der Waals surface area contributed by atoms with Crippen molar-refractivity contribution in [3.63, 3.8) is 0 Å². The summed E-state index contributed by atoms with van der Waals surface area (Å²) < 4.78 is 0. The number of hydrogen-bond acceptors (Lipinski definition) is 4. The van der Waals surface area contributed by atoms with E-state index in [1.807, 2.05) is 25.2 Å². The molecule has 1 aliphatic rings. The second-order valence-electron chi connectivity index (χ2n) is 4.57. The van der Waals surface area contributed by atoms with E-state index in [0.29, 0.717) is 18.8 Å². The number of H-pyrrole nitrogens is 1. The highest BCUT2D eigenvalue weighted by molar-refractivity contribution is 6.01. The van der Waals surface area contributed by atoms with E-state index in [0.717, 1.165) is 22.6 Å². The number of nitrogens with zero attached hydrogens (tertiary/aromatic N) is 2. The summed E-state index contributed by atoms with van der Waals surface area (Å²) >= 11 is 0. The summed E-state index contributed by atoms with van der Waals surface area (Å²) in [6.45, 7) is 0.467. The summed E-state index contributed by atoms with van der Waals surface area (Å²) in [7, 11) is 1.86. The van der Waals surface area contributed by atoms with Crippen LogP contribution in [0.25, 0.3) is 0 Å². The first-order chi connectivity index (χ1) is 9.17. The number of nitrogen functional groups attached to an aromatic ring is 1. The molecule has 0 fully saturated rings. The van der Waals surface area contributed by atoms with Crippen LogP contribution in [0.5, 0.6) is 0 Å². The third-order valence-electron chi connectivity index (χ3n) is 3.28. The fraction of sp³-hybridized carbons (Fsp3) is 0.231. The summed E-state index contributed by atoms with van der Waals surface area (Å²) in [5, 5.41) is 9.77. The molecule has 0 aliphatic carbocycles. The molecule has 1 aromatic carbocycles. The average Bonchev–Trinajstić information content (AvgIpc) is 2.94. The van der Waals surface area contributed by atoms with Crippen molar-refractivity contribution in [3.8, 4) is 0 Å². The molecule has 2 aromatic rings. The van der Waals surface area contributed by atoms with Crippen molar-refractivity contribution in [3.05, 3.63) is 35.5 Å². The van der Waals surface area contributed by atoms with Crippen molar-refractivity contribution in [1.82, 2.24) is 10.2 Å². The molecule has 6 nitrogen and oxygen atoms in total. The predicted octanol–water partition coefficient (Wildman–Crippen LogP) is 1.12. The van der Waals surface area contributed by atoms with Gasteiger partial charge in [-0.1, -0.05) is 0 Å². The number of carbonyl (C=O) groups excluding carboxylic acids is 1. The number of benzene rings is 1. The summed E-state index contributed by atoms with van der Waals surface area (Å²) in [6, 6.07) is 7.68. The van der Waals surface area contributed by atoms with Gasteiger partial charge in [0.1, 0.15) is 5.82 Å². The Morgan fingerprint density at radius 3 is 3.00 bits per heavy atom. The summed E-state index contributed by atoms with van der Waals surface area (Å²) in [4.78, 5) is 13.8.